The van der Waals surface area contributed by atoms with Crippen LogP contribution in [0.5, 0.6) is 0 Å². The van der Waals surface area contributed by atoms with Gasteiger partial charge in [-0.15, -0.1) is 9.29 Å². The van der Waals surface area contributed by atoms with E-state index in [-0.39, 0.29) is 29.6 Å². The fourth-order valence-electron chi connectivity index (χ4n) is 0.567. The summed E-state index contributed by atoms with van der Waals surface area (Å²) in [6, 6.07) is 10.2. The quantitative estimate of drug-likeness (QED) is 0.531. The fraction of sp³-hybridized carbons (Fsp3) is 0.400. The predicted molar refractivity (Wildman–Crippen MR) is 57.4 cm³/mol. The zero-order valence-electron chi connectivity index (χ0n) is 9.38. The first-order chi connectivity index (χ1) is 5.93. The molecule has 0 saturated carbocycles. The van der Waals surface area contributed by atoms with E-state index >= 15 is 0 Å². The molecule has 1 aromatic rings. The van der Waals surface area contributed by atoms with E-state index in [1.807, 2.05) is 18.2 Å². The third-order valence-electron chi connectivity index (χ3n) is 0.997. The van der Waals surface area contributed by atoms with Crippen LogP contribution in [0.1, 0.15) is 20.8 Å². The Bertz CT molecular complexity index is 217. The maximum absolute atomic E-state index is 10.1. The van der Waals surface area contributed by atoms with Crippen LogP contribution in [-0.2, 0) is 0 Å². The first-order valence-corrected chi connectivity index (χ1v) is 7.08. The van der Waals surface area contributed by atoms with Gasteiger partial charge in [-0.1, -0.05) is 51.1 Å². The van der Waals surface area contributed by atoms with Gasteiger partial charge in [-0.25, -0.2) is 0 Å². The van der Waals surface area contributed by atoms with Crippen molar-refractivity contribution in [2.24, 2.45) is 0 Å². The summed E-state index contributed by atoms with van der Waals surface area (Å²) in [6.45, 7) is 4.90. The van der Waals surface area contributed by atoms with Crippen LogP contribution >= 0.6 is 9.07 Å². The molecule has 0 aliphatic heterocycles. The molecule has 1 rings (SSSR count). The summed E-state index contributed by atoms with van der Waals surface area (Å²) in [6.07, 6.45) is 0. The average Bonchev–Trinajstić information content (AvgIpc) is 2.03. The van der Waals surface area contributed by atoms with Crippen molar-refractivity contribution in [3.05, 3.63) is 30.3 Å². The molecule has 14 heavy (non-hydrogen) atoms. The monoisotopic (exact) mass is 232 g/mol. The van der Waals surface area contributed by atoms with Gasteiger partial charge in [-0.05, 0) is 0 Å². The van der Waals surface area contributed by atoms with E-state index in [1.54, 1.807) is 20.8 Å². The summed E-state index contributed by atoms with van der Waals surface area (Å²) in [5, 5.41) is 10.1. The molecule has 70 valence electrons. The molecule has 0 heterocycles. The second-order valence-corrected chi connectivity index (χ2v) is 5.62. The Hall–Kier alpha value is 1.24. The van der Waals surface area contributed by atoms with Gasteiger partial charge >= 0.3 is 48.8 Å². The molecule has 0 aromatic heterocycles. The minimum absolute atomic E-state index is 0. The van der Waals surface area contributed by atoms with Gasteiger partial charge in [0.1, 0.15) is 0 Å². The van der Waals surface area contributed by atoms with Gasteiger partial charge in [0.2, 0.25) is 0 Å². The van der Waals surface area contributed by atoms with Crippen LogP contribution in [0.2, 0.25) is 0 Å². The Morgan fingerprint density at radius 3 is 1.71 bits per heavy atom. The fourth-order valence-corrected chi connectivity index (χ4v) is 1.55. The smallest absolute Gasteiger partial charge is 0.850 e. The minimum atomic E-state index is -0.750. The van der Waals surface area contributed by atoms with Crippen molar-refractivity contribution in [3.63, 3.8) is 0 Å². The standard InChI is InChI=1S/C6H5.C4H9O.ClH.Mg.Na/c1-2-4-6-5-3-1;1-4(2,3)5;;;/h1-5H;1-3H3;1H;;/q;-1;;2*+1/p-1. The van der Waals surface area contributed by atoms with Crippen LogP contribution in [0.3, 0.4) is 0 Å². The SMILES string of the molecule is CC(C)(C)[O-].[Cl][Mg][c]1ccccc1.[Na+]. The van der Waals surface area contributed by atoms with Gasteiger partial charge in [-0.3, -0.25) is 0 Å². The third kappa shape index (κ3) is 15.7. The number of hydrogen-bond acceptors (Lipinski definition) is 1. The third-order valence-corrected chi connectivity index (χ3v) is 2.70. The molecule has 1 nitrogen and oxygen atoms in total. The molecule has 0 bridgehead atoms. The molecular formula is C10H14ClMgNaO. The van der Waals surface area contributed by atoms with Gasteiger partial charge in [0.05, 0.1) is 0 Å². The van der Waals surface area contributed by atoms with Crippen molar-refractivity contribution >= 4 is 32.0 Å². The maximum atomic E-state index is 10.1. The van der Waals surface area contributed by atoms with Gasteiger partial charge in [-0.2, -0.15) is 0 Å². The number of rotatable bonds is 1. The van der Waals surface area contributed by atoms with Crippen LogP contribution in [0.25, 0.3) is 0 Å². The van der Waals surface area contributed by atoms with Crippen LogP contribution < -0.4 is 38.4 Å². The van der Waals surface area contributed by atoms with Gasteiger partial charge in [0, 0.05) is 0 Å². The van der Waals surface area contributed by atoms with Gasteiger partial charge < -0.3 is 14.2 Å². The van der Waals surface area contributed by atoms with E-state index in [4.69, 9.17) is 9.07 Å². The summed E-state index contributed by atoms with van der Waals surface area (Å²) in [4.78, 5) is 0. The van der Waals surface area contributed by atoms with Crippen LogP contribution in [0, 0.1) is 0 Å². The summed E-state index contributed by atoms with van der Waals surface area (Å²) < 4.78 is 1.31. The Labute approximate surface area is 122 Å². The topological polar surface area (TPSA) is 23.1 Å². The van der Waals surface area contributed by atoms with Crippen LogP contribution in [0.15, 0.2) is 30.3 Å². The second-order valence-electron chi connectivity index (χ2n) is 3.73. The number of benzene rings is 1. The Morgan fingerprint density at radius 2 is 1.50 bits per heavy atom. The van der Waals surface area contributed by atoms with E-state index in [2.05, 4.69) is 12.1 Å². The first-order valence-electron chi connectivity index (χ1n) is 4.24. The first kappa shape index (κ1) is 17.6. The van der Waals surface area contributed by atoms with Crippen molar-refractivity contribution in [1.29, 1.82) is 0 Å². The van der Waals surface area contributed by atoms with Gasteiger partial charge in [0.25, 0.3) is 0 Å². The second kappa shape index (κ2) is 9.46. The van der Waals surface area contributed by atoms with E-state index < -0.39 is 24.9 Å². The molecule has 0 atom stereocenters. The molecular weight excluding hydrogens is 219 g/mol. The number of hydrogen-bond donors (Lipinski definition) is 0. The molecule has 0 unspecified atom stereocenters. The number of halogens is 1. The normalized spacial score (nSPS) is 8.93. The largest absolute Gasteiger partial charge is 1.00 e. The molecule has 4 heteroatoms. The summed E-state index contributed by atoms with van der Waals surface area (Å²) in [7, 11) is 5.67. The van der Waals surface area contributed by atoms with Crippen molar-refractivity contribution in [1.82, 2.24) is 0 Å². The Kier molecular flexibility index (Phi) is 11.9. The Balaban J connectivity index is 0. The van der Waals surface area contributed by atoms with Crippen LogP contribution in [0.4, 0.5) is 0 Å². The molecule has 0 aliphatic rings. The molecule has 1 aromatic carbocycles. The van der Waals surface area contributed by atoms with Crippen molar-refractivity contribution in [2.45, 2.75) is 26.4 Å². The Morgan fingerprint density at radius 1 is 1.14 bits per heavy atom. The van der Waals surface area contributed by atoms with E-state index in [0.717, 1.165) is 0 Å². The predicted octanol–water partition coefficient (Wildman–Crippen LogP) is -1.68. The molecule has 0 saturated heterocycles. The molecule has 0 aliphatic carbocycles. The molecule has 0 radical (unpaired) electrons. The molecule has 0 spiro atoms. The van der Waals surface area contributed by atoms with E-state index in [0.29, 0.717) is 0 Å². The van der Waals surface area contributed by atoms with Crippen molar-refractivity contribution in [2.75, 3.05) is 0 Å². The van der Waals surface area contributed by atoms with E-state index in [1.165, 1.54) is 3.69 Å². The minimum Gasteiger partial charge on any atom is -0.850 e. The molecule has 0 amide bonds. The van der Waals surface area contributed by atoms with E-state index in [9.17, 15) is 5.11 Å². The summed E-state index contributed by atoms with van der Waals surface area (Å²) in [5.41, 5.74) is -0.750. The molecule has 0 fully saturated rings. The zero-order chi connectivity index (χ0) is 10.3. The van der Waals surface area contributed by atoms with Gasteiger partial charge in [0.15, 0.2) is 0 Å². The summed E-state index contributed by atoms with van der Waals surface area (Å²) in [5.74, 6) is 0. The summed E-state index contributed by atoms with van der Waals surface area (Å²) >= 11 is -0.437. The van der Waals surface area contributed by atoms with Crippen LogP contribution in [-0.4, -0.2) is 24.9 Å². The average molecular weight is 233 g/mol. The zero-order valence-corrected chi connectivity index (χ0v) is 13.6. The van der Waals surface area contributed by atoms with Crippen molar-refractivity contribution in [3.8, 4) is 0 Å². The molecule has 0 N–H and O–H groups in total. The maximum Gasteiger partial charge on any atom is 1.00 e. The van der Waals surface area contributed by atoms with Crippen molar-refractivity contribution < 1.29 is 34.7 Å².